The summed E-state index contributed by atoms with van der Waals surface area (Å²) in [5.41, 5.74) is 2.75. The van der Waals surface area contributed by atoms with E-state index in [2.05, 4.69) is 31.4 Å². The summed E-state index contributed by atoms with van der Waals surface area (Å²) in [6.07, 6.45) is 0. The Hall–Kier alpha value is -4.04. The van der Waals surface area contributed by atoms with Crippen molar-refractivity contribution in [3.05, 3.63) is 112 Å². The van der Waals surface area contributed by atoms with E-state index in [0.29, 0.717) is 16.3 Å². The minimum Gasteiger partial charge on any atom is -0.350 e. The number of hydrogen-bond donors (Lipinski definition) is 2. The van der Waals surface area contributed by atoms with E-state index >= 15 is 0 Å². The van der Waals surface area contributed by atoms with Gasteiger partial charge in [0.15, 0.2) is 0 Å². The first-order chi connectivity index (χ1) is 18.4. The molecule has 0 aliphatic carbocycles. The number of aromatic nitrogens is 2. The second-order valence-corrected chi connectivity index (χ2v) is 10.7. The Balaban J connectivity index is 1.47. The molecule has 2 amide bonds. The number of nitrogens with zero attached hydrogens (tertiary/aromatic N) is 2. The average molecular weight is 551 g/mol. The molecule has 1 unspecified atom stereocenters. The van der Waals surface area contributed by atoms with Gasteiger partial charge in [0.1, 0.15) is 11.6 Å². The number of amides is 2. The summed E-state index contributed by atoms with van der Waals surface area (Å²) in [4.78, 5) is 25.5. The third-order valence-electron chi connectivity index (χ3n) is 6.28. The van der Waals surface area contributed by atoms with Gasteiger partial charge in [0.2, 0.25) is 5.91 Å². The number of anilines is 1. The van der Waals surface area contributed by atoms with Gasteiger partial charge in [-0.05, 0) is 73.2 Å². The monoisotopic (exact) mass is 550 g/mol. The number of carbonyl (C=O) groups excluding carboxylic acids is 2. The summed E-state index contributed by atoms with van der Waals surface area (Å²) in [5, 5.41) is 10.8. The fourth-order valence-electron chi connectivity index (χ4n) is 3.94. The van der Waals surface area contributed by atoms with Crippen molar-refractivity contribution in [2.45, 2.75) is 45.6 Å². The average Bonchev–Trinajstić information content (AvgIpc) is 3.33. The molecule has 1 heterocycles. The Morgan fingerprint density at radius 3 is 2.36 bits per heavy atom. The normalized spacial score (nSPS) is 12.2. The van der Waals surface area contributed by atoms with Gasteiger partial charge in [0.25, 0.3) is 5.91 Å². The van der Waals surface area contributed by atoms with Crippen LogP contribution in [0.25, 0.3) is 5.69 Å². The summed E-state index contributed by atoms with van der Waals surface area (Å²) in [7, 11) is 0. The van der Waals surface area contributed by atoms with E-state index in [-0.39, 0.29) is 23.4 Å². The summed E-state index contributed by atoms with van der Waals surface area (Å²) < 4.78 is 29.7. The molecule has 2 N–H and O–H groups in total. The molecule has 0 saturated heterocycles. The minimum atomic E-state index is -0.763. The second kappa shape index (κ2) is 11.4. The van der Waals surface area contributed by atoms with Crippen LogP contribution in [-0.4, -0.2) is 21.6 Å². The number of nitrogens with one attached hydrogen (secondary N) is 2. The Labute approximate surface area is 231 Å². The van der Waals surface area contributed by atoms with Crippen LogP contribution >= 0.6 is 11.6 Å². The molecule has 39 heavy (non-hydrogen) atoms. The SMILES string of the molecule is CC(C(=O)NCc1cc(C(C)(C)C)nn1-c1cccc(Cl)c1)c1ccc(C(=O)Nc2ccc(F)cc2)c(F)c1. The highest BCUT2D eigenvalue weighted by Gasteiger charge is 2.23. The molecule has 0 fully saturated rings. The maximum atomic E-state index is 14.9. The van der Waals surface area contributed by atoms with Crippen molar-refractivity contribution in [3.8, 4) is 5.69 Å². The third-order valence-corrected chi connectivity index (χ3v) is 6.52. The first kappa shape index (κ1) is 28.0. The minimum absolute atomic E-state index is 0.184. The molecule has 0 spiro atoms. The molecular formula is C30H29ClF2N4O2. The lowest BCUT2D eigenvalue weighted by Gasteiger charge is -2.15. The zero-order valence-corrected chi connectivity index (χ0v) is 22.8. The fraction of sp³-hybridized carbons (Fsp3) is 0.233. The van der Waals surface area contributed by atoms with Gasteiger partial charge in [-0.15, -0.1) is 0 Å². The van der Waals surface area contributed by atoms with E-state index in [4.69, 9.17) is 16.7 Å². The standard InChI is InChI=1S/C30H29ClF2N4O2/c1-18(19-8-13-25(26(33)14-19)29(39)35-22-11-9-21(32)10-12-22)28(38)34-17-24-16-27(30(2,3)4)36-37(24)23-7-5-6-20(31)15-23/h5-16,18H,17H2,1-4H3,(H,34,38)(H,35,39). The number of halogens is 3. The molecular weight excluding hydrogens is 522 g/mol. The van der Waals surface area contributed by atoms with Gasteiger partial charge in [0.05, 0.1) is 35.1 Å². The highest BCUT2D eigenvalue weighted by Crippen LogP contribution is 2.25. The smallest absolute Gasteiger partial charge is 0.258 e. The van der Waals surface area contributed by atoms with Crippen LogP contribution in [0.5, 0.6) is 0 Å². The van der Waals surface area contributed by atoms with Gasteiger partial charge in [-0.2, -0.15) is 5.10 Å². The zero-order valence-electron chi connectivity index (χ0n) is 22.1. The third kappa shape index (κ3) is 6.70. The Morgan fingerprint density at radius 1 is 1.00 bits per heavy atom. The lowest BCUT2D eigenvalue weighted by Crippen LogP contribution is -2.28. The molecule has 6 nitrogen and oxygen atoms in total. The lowest BCUT2D eigenvalue weighted by atomic mass is 9.92. The van der Waals surface area contributed by atoms with Crippen molar-refractivity contribution < 1.29 is 18.4 Å². The van der Waals surface area contributed by atoms with Gasteiger partial charge in [0, 0.05) is 16.1 Å². The molecule has 9 heteroatoms. The summed E-state index contributed by atoms with van der Waals surface area (Å²) >= 11 is 6.19. The maximum Gasteiger partial charge on any atom is 0.258 e. The summed E-state index contributed by atoms with van der Waals surface area (Å²) in [6.45, 7) is 8.03. The molecule has 202 valence electrons. The first-order valence-electron chi connectivity index (χ1n) is 12.4. The lowest BCUT2D eigenvalue weighted by molar-refractivity contribution is -0.122. The van der Waals surface area contributed by atoms with Gasteiger partial charge in [-0.25, -0.2) is 13.5 Å². The van der Waals surface area contributed by atoms with E-state index in [9.17, 15) is 18.4 Å². The summed E-state index contributed by atoms with van der Waals surface area (Å²) in [5.74, 6) is -2.88. The fourth-order valence-corrected chi connectivity index (χ4v) is 4.13. The van der Waals surface area contributed by atoms with Crippen molar-refractivity contribution in [2.24, 2.45) is 0 Å². The number of hydrogen-bond acceptors (Lipinski definition) is 3. The number of benzene rings is 3. The number of carbonyl (C=O) groups is 2. The molecule has 3 aromatic carbocycles. The molecule has 0 radical (unpaired) electrons. The molecule has 0 bridgehead atoms. The zero-order chi connectivity index (χ0) is 28.3. The molecule has 1 aromatic heterocycles. The van der Waals surface area contributed by atoms with E-state index in [1.165, 1.54) is 36.4 Å². The Kier molecular flexibility index (Phi) is 8.16. The van der Waals surface area contributed by atoms with Crippen molar-refractivity contribution in [3.63, 3.8) is 0 Å². The molecule has 0 aliphatic rings. The van der Waals surface area contributed by atoms with Crippen LogP contribution in [0, 0.1) is 11.6 Å². The largest absolute Gasteiger partial charge is 0.350 e. The molecule has 1 atom stereocenters. The van der Waals surface area contributed by atoms with Crippen LogP contribution in [0.1, 0.15) is 60.9 Å². The predicted molar refractivity (Wildman–Crippen MR) is 148 cm³/mol. The van der Waals surface area contributed by atoms with Crippen molar-refractivity contribution in [1.29, 1.82) is 0 Å². The van der Waals surface area contributed by atoms with Crippen LogP contribution in [0.2, 0.25) is 5.02 Å². The van der Waals surface area contributed by atoms with E-state index in [1.54, 1.807) is 29.8 Å². The first-order valence-corrected chi connectivity index (χ1v) is 12.8. The predicted octanol–water partition coefficient (Wildman–Crippen LogP) is 6.77. The highest BCUT2D eigenvalue weighted by molar-refractivity contribution is 6.30. The van der Waals surface area contributed by atoms with Gasteiger partial charge >= 0.3 is 0 Å². The van der Waals surface area contributed by atoms with Gasteiger partial charge in [-0.1, -0.05) is 44.5 Å². The van der Waals surface area contributed by atoms with E-state index in [1.807, 2.05) is 18.2 Å². The van der Waals surface area contributed by atoms with Crippen LogP contribution in [0.15, 0.2) is 72.8 Å². The molecule has 0 saturated carbocycles. The highest BCUT2D eigenvalue weighted by atomic mass is 35.5. The van der Waals surface area contributed by atoms with Crippen molar-refractivity contribution in [1.82, 2.24) is 15.1 Å². The van der Waals surface area contributed by atoms with Crippen LogP contribution < -0.4 is 10.6 Å². The molecule has 4 rings (SSSR count). The van der Waals surface area contributed by atoms with Crippen LogP contribution in [-0.2, 0) is 16.8 Å². The Morgan fingerprint density at radius 2 is 1.72 bits per heavy atom. The van der Waals surface area contributed by atoms with Crippen LogP contribution in [0.3, 0.4) is 0 Å². The van der Waals surface area contributed by atoms with E-state index in [0.717, 1.165) is 17.1 Å². The van der Waals surface area contributed by atoms with Crippen molar-refractivity contribution >= 4 is 29.1 Å². The summed E-state index contributed by atoms with van der Waals surface area (Å²) in [6, 6.07) is 18.4. The Bertz CT molecular complexity index is 1510. The maximum absolute atomic E-state index is 14.9. The molecule has 4 aromatic rings. The van der Waals surface area contributed by atoms with Gasteiger partial charge in [-0.3, -0.25) is 9.59 Å². The molecule has 0 aliphatic heterocycles. The topological polar surface area (TPSA) is 76.0 Å². The quantitative estimate of drug-likeness (QED) is 0.266. The number of rotatable bonds is 7. The van der Waals surface area contributed by atoms with E-state index < -0.39 is 23.5 Å². The van der Waals surface area contributed by atoms with Crippen LogP contribution in [0.4, 0.5) is 14.5 Å². The van der Waals surface area contributed by atoms with Crippen molar-refractivity contribution in [2.75, 3.05) is 5.32 Å². The second-order valence-electron chi connectivity index (χ2n) is 10.3. The van der Waals surface area contributed by atoms with Gasteiger partial charge < -0.3 is 10.6 Å².